The topological polar surface area (TPSA) is 84.5 Å². The number of methoxy groups -OCH3 is 1. The van der Waals surface area contributed by atoms with Crippen LogP contribution in [0.1, 0.15) is 30.1 Å². The standard InChI is InChI=1S/C14H19ClN2O4S/c1-9-7-11(5-6-16-9)17-22(19,20)13-8-10(15)3-4-12(13)14(18)21-2/h3-4,8-9,11,16-17H,5-7H2,1-2H3. The van der Waals surface area contributed by atoms with Crippen LogP contribution in [-0.4, -0.2) is 40.1 Å². The van der Waals surface area contributed by atoms with E-state index in [9.17, 15) is 13.2 Å². The van der Waals surface area contributed by atoms with E-state index in [2.05, 4.69) is 14.8 Å². The molecule has 0 bridgehead atoms. The Morgan fingerprint density at radius 1 is 1.45 bits per heavy atom. The van der Waals surface area contributed by atoms with Gasteiger partial charge in [0.1, 0.15) is 0 Å². The maximum atomic E-state index is 12.6. The summed E-state index contributed by atoms with van der Waals surface area (Å²) in [5.74, 6) is -0.712. The summed E-state index contributed by atoms with van der Waals surface area (Å²) >= 11 is 5.88. The number of hydrogen-bond acceptors (Lipinski definition) is 5. The van der Waals surface area contributed by atoms with Crippen molar-refractivity contribution >= 4 is 27.6 Å². The molecule has 2 rings (SSSR count). The van der Waals surface area contributed by atoms with Gasteiger partial charge in [-0.2, -0.15) is 0 Å². The van der Waals surface area contributed by atoms with Crippen molar-refractivity contribution in [1.82, 2.24) is 10.0 Å². The molecule has 2 N–H and O–H groups in total. The summed E-state index contributed by atoms with van der Waals surface area (Å²) in [4.78, 5) is 11.6. The normalized spacial score (nSPS) is 22.3. The lowest BCUT2D eigenvalue weighted by atomic mass is 10.0. The van der Waals surface area contributed by atoms with Gasteiger partial charge < -0.3 is 10.1 Å². The van der Waals surface area contributed by atoms with Gasteiger partial charge in [-0.3, -0.25) is 0 Å². The number of ether oxygens (including phenoxy) is 1. The number of carbonyl (C=O) groups excluding carboxylic acids is 1. The average Bonchev–Trinajstić information content (AvgIpc) is 2.46. The third-order valence-electron chi connectivity index (χ3n) is 3.58. The molecular weight excluding hydrogens is 328 g/mol. The summed E-state index contributed by atoms with van der Waals surface area (Å²) in [6.45, 7) is 2.74. The molecule has 2 unspecified atom stereocenters. The summed E-state index contributed by atoms with van der Waals surface area (Å²) in [6.07, 6.45) is 1.38. The van der Waals surface area contributed by atoms with Crippen molar-refractivity contribution in [2.75, 3.05) is 13.7 Å². The predicted octanol–water partition coefficient (Wildman–Crippen LogP) is 1.55. The minimum Gasteiger partial charge on any atom is -0.465 e. The quantitative estimate of drug-likeness (QED) is 0.808. The van der Waals surface area contributed by atoms with Gasteiger partial charge in [0.25, 0.3) is 0 Å². The molecule has 122 valence electrons. The van der Waals surface area contributed by atoms with E-state index in [1.54, 1.807) is 0 Å². The molecule has 22 heavy (non-hydrogen) atoms. The van der Waals surface area contributed by atoms with Crippen molar-refractivity contribution in [3.63, 3.8) is 0 Å². The van der Waals surface area contributed by atoms with E-state index in [0.717, 1.165) is 6.54 Å². The fourth-order valence-corrected chi connectivity index (χ4v) is 4.26. The first-order valence-corrected chi connectivity index (χ1v) is 8.83. The highest BCUT2D eigenvalue weighted by Crippen LogP contribution is 2.23. The van der Waals surface area contributed by atoms with E-state index in [-0.39, 0.29) is 27.6 Å². The fourth-order valence-electron chi connectivity index (χ4n) is 2.52. The minimum absolute atomic E-state index is 0.0265. The van der Waals surface area contributed by atoms with E-state index in [0.29, 0.717) is 12.8 Å². The molecule has 0 saturated carbocycles. The Morgan fingerprint density at radius 2 is 2.18 bits per heavy atom. The zero-order valence-electron chi connectivity index (χ0n) is 12.4. The third-order valence-corrected chi connectivity index (χ3v) is 5.38. The number of hydrogen-bond donors (Lipinski definition) is 2. The van der Waals surface area contributed by atoms with Crippen molar-refractivity contribution in [1.29, 1.82) is 0 Å². The van der Waals surface area contributed by atoms with Gasteiger partial charge in [-0.05, 0) is 44.5 Å². The van der Waals surface area contributed by atoms with E-state index >= 15 is 0 Å². The number of sulfonamides is 1. The Kier molecular flexibility index (Phi) is 5.44. The second-order valence-electron chi connectivity index (χ2n) is 5.33. The van der Waals surface area contributed by atoms with Gasteiger partial charge in [-0.25, -0.2) is 17.9 Å². The Bertz CT molecular complexity index is 663. The van der Waals surface area contributed by atoms with Gasteiger partial charge in [0.05, 0.1) is 17.6 Å². The number of nitrogens with one attached hydrogen (secondary N) is 2. The first-order valence-electron chi connectivity index (χ1n) is 6.97. The highest BCUT2D eigenvalue weighted by Gasteiger charge is 2.28. The lowest BCUT2D eigenvalue weighted by molar-refractivity contribution is 0.0596. The van der Waals surface area contributed by atoms with Crippen molar-refractivity contribution < 1.29 is 17.9 Å². The molecular formula is C14H19ClN2O4S. The first-order chi connectivity index (χ1) is 10.3. The van der Waals surface area contributed by atoms with Crippen molar-refractivity contribution in [2.24, 2.45) is 0 Å². The van der Waals surface area contributed by atoms with E-state index in [1.807, 2.05) is 6.92 Å². The predicted molar refractivity (Wildman–Crippen MR) is 83.6 cm³/mol. The Morgan fingerprint density at radius 3 is 2.82 bits per heavy atom. The van der Waals surface area contributed by atoms with E-state index in [4.69, 9.17) is 11.6 Å². The Hall–Kier alpha value is -1.15. The van der Waals surface area contributed by atoms with Crippen LogP contribution in [0.15, 0.2) is 23.1 Å². The Balaban J connectivity index is 2.32. The molecule has 2 atom stereocenters. The van der Waals surface area contributed by atoms with Crippen molar-refractivity contribution in [2.45, 2.75) is 36.7 Å². The zero-order valence-corrected chi connectivity index (χ0v) is 14.0. The fraction of sp³-hybridized carbons (Fsp3) is 0.500. The molecule has 0 amide bonds. The number of rotatable bonds is 4. The second kappa shape index (κ2) is 6.95. The van der Waals surface area contributed by atoms with Gasteiger partial charge in [-0.1, -0.05) is 11.6 Å². The molecule has 1 fully saturated rings. The molecule has 1 aromatic carbocycles. The largest absolute Gasteiger partial charge is 0.465 e. The smallest absolute Gasteiger partial charge is 0.339 e. The van der Waals surface area contributed by atoms with E-state index in [1.165, 1.54) is 25.3 Å². The van der Waals surface area contributed by atoms with Crippen LogP contribution < -0.4 is 10.0 Å². The second-order valence-corrected chi connectivity index (χ2v) is 7.45. The van der Waals surface area contributed by atoms with Crippen LogP contribution in [0.4, 0.5) is 0 Å². The summed E-state index contributed by atoms with van der Waals surface area (Å²) in [7, 11) is -2.65. The number of piperidine rings is 1. The van der Waals surface area contributed by atoms with Crippen LogP contribution in [0.3, 0.4) is 0 Å². The zero-order chi connectivity index (χ0) is 16.3. The van der Waals surface area contributed by atoms with Crippen LogP contribution in [-0.2, 0) is 14.8 Å². The molecule has 0 aliphatic carbocycles. The maximum Gasteiger partial charge on any atom is 0.339 e. The Labute approximate surface area is 135 Å². The van der Waals surface area contributed by atoms with Gasteiger partial charge in [0.2, 0.25) is 10.0 Å². The molecule has 6 nitrogen and oxygen atoms in total. The van der Waals surface area contributed by atoms with Crippen LogP contribution in [0, 0.1) is 0 Å². The summed E-state index contributed by atoms with van der Waals surface area (Å²) in [5.41, 5.74) is -0.0265. The summed E-state index contributed by atoms with van der Waals surface area (Å²) in [5, 5.41) is 3.50. The first kappa shape index (κ1) is 17.2. The highest BCUT2D eigenvalue weighted by molar-refractivity contribution is 7.89. The third kappa shape index (κ3) is 3.98. The van der Waals surface area contributed by atoms with Crippen molar-refractivity contribution in [3.05, 3.63) is 28.8 Å². The molecule has 0 radical (unpaired) electrons. The molecule has 0 aromatic heterocycles. The highest BCUT2D eigenvalue weighted by atomic mass is 35.5. The van der Waals surface area contributed by atoms with Crippen LogP contribution >= 0.6 is 11.6 Å². The molecule has 1 aliphatic heterocycles. The lowest BCUT2D eigenvalue weighted by Gasteiger charge is -2.28. The molecule has 1 aliphatic rings. The van der Waals surface area contributed by atoms with Gasteiger partial charge in [-0.15, -0.1) is 0 Å². The van der Waals surface area contributed by atoms with Crippen LogP contribution in [0.25, 0.3) is 0 Å². The van der Waals surface area contributed by atoms with E-state index < -0.39 is 16.0 Å². The van der Waals surface area contributed by atoms with Crippen LogP contribution in [0.2, 0.25) is 5.02 Å². The number of halogens is 1. The lowest BCUT2D eigenvalue weighted by Crippen LogP contribution is -2.46. The minimum atomic E-state index is -3.85. The maximum absolute atomic E-state index is 12.6. The molecule has 1 saturated heterocycles. The number of carbonyl (C=O) groups is 1. The molecule has 0 spiro atoms. The molecule has 8 heteroatoms. The number of benzene rings is 1. The monoisotopic (exact) mass is 346 g/mol. The van der Waals surface area contributed by atoms with Gasteiger partial charge >= 0.3 is 5.97 Å². The summed E-state index contributed by atoms with van der Waals surface area (Å²) < 4.78 is 32.5. The van der Waals surface area contributed by atoms with Crippen LogP contribution in [0.5, 0.6) is 0 Å². The van der Waals surface area contributed by atoms with Gasteiger partial charge in [0, 0.05) is 17.1 Å². The summed E-state index contributed by atoms with van der Waals surface area (Å²) in [6, 6.07) is 4.14. The molecule has 1 aromatic rings. The van der Waals surface area contributed by atoms with Gasteiger partial charge in [0.15, 0.2) is 0 Å². The SMILES string of the molecule is COC(=O)c1ccc(Cl)cc1S(=O)(=O)NC1CCNC(C)C1. The van der Waals surface area contributed by atoms with Crippen molar-refractivity contribution in [3.8, 4) is 0 Å². The average molecular weight is 347 g/mol. The molecule has 1 heterocycles. The number of esters is 1.